The molecular formula is C27H25NO6. The average Bonchev–Trinajstić information content (AvgIpc) is 3.08. The van der Waals surface area contributed by atoms with E-state index in [4.69, 9.17) is 9.47 Å². The highest BCUT2D eigenvalue weighted by Gasteiger charge is 2.47. The fourth-order valence-electron chi connectivity index (χ4n) is 4.30. The summed E-state index contributed by atoms with van der Waals surface area (Å²) in [7, 11) is 2.95. The molecule has 0 aliphatic carbocycles. The van der Waals surface area contributed by atoms with Crippen LogP contribution in [0.4, 0.5) is 5.69 Å². The third kappa shape index (κ3) is 3.96. The molecule has 1 saturated heterocycles. The van der Waals surface area contributed by atoms with Crippen molar-refractivity contribution in [2.75, 3.05) is 19.1 Å². The number of benzene rings is 3. The molecule has 1 aliphatic heterocycles. The topological polar surface area (TPSA) is 96.3 Å². The van der Waals surface area contributed by atoms with Gasteiger partial charge in [-0.05, 0) is 66.9 Å². The Kier molecular flexibility index (Phi) is 6.03. The number of nitrogens with zero attached hydrogens (tertiary/aromatic N) is 1. The van der Waals surface area contributed by atoms with Gasteiger partial charge in [0.2, 0.25) is 0 Å². The fourth-order valence-corrected chi connectivity index (χ4v) is 4.30. The summed E-state index contributed by atoms with van der Waals surface area (Å²) >= 11 is 0. The van der Waals surface area contributed by atoms with Gasteiger partial charge in [0.15, 0.2) is 0 Å². The standard InChI is InChI=1S/C27H25NO6/c1-15-11-16(2)13-18(12-15)28-24(17-5-7-19(29)8-6-17)23(26(31)27(28)32)25(30)21-10-9-20(33-3)14-22(21)34-4/h5-14,24,29-30H,1-4H3/b25-23-. The number of methoxy groups -OCH3 is 2. The number of phenolic OH excluding ortho intramolecular Hbond substituents is 1. The van der Waals surface area contributed by atoms with Gasteiger partial charge in [0, 0.05) is 11.8 Å². The van der Waals surface area contributed by atoms with E-state index in [9.17, 15) is 19.8 Å². The molecule has 0 aromatic heterocycles. The summed E-state index contributed by atoms with van der Waals surface area (Å²) in [6.07, 6.45) is 0. The molecule has 1 unspecified atom stereocenters. The minimum Gasteiger partial charge on any atom is -0.508 e. The van der Waals surface area contributed by atoms with Crippen LogP contribution in [0, 0.1) is 13.8 Å². The number of aromatic hydroxyl groups is 1. The summed E-state index contributed by atoms with van der Waals surface area (Å²) in [5.74, 6) is -1.07. The number of rotatable bonds is 5. The van der Waals surface area contributed by atoms with Crippen molar-refractivity contribution in [1.29, 1.82) is 0 Å². The van der Waals surface area contributed by atoms with Gasteiger partial charge >= 0.3 is 0 Å². The van der Waals surface area contributed by atoms with E-state index in [1.807, 2.05) is 32.0 Å². The van der Waals surface area contributed by atoms with E-state index in [1.54, 1.807) is 30.3 Å². The van der Waals surface area contributed by atoms with E-state index in [1.165, 1.54) is 31.3 Å². The molecule has 7 nitrogen and oxygen atoms in total. The van der Waals surface area contributed by atoms with Crippen LogP contribution < -0.4 is 14.4 Å². The molecule has 1 fully saturated rings. The number of carbonyl (C=O) groups excluding carboxylic acids is 2. The number of carbonyl (C=O) groups is 2. The molecule has 1 atom stereocenters. The summed E-state index contributed by atoms with van der Waals surface area (Å²) in [5, 5.41) is 21.1. The third-order valence-corrected chi connectivity index (χ3v) is 5.80. The zero-order valence-electron chi connectivity index (χ0n) is 19.3. The number of phenols is 1. The molecule has 7 heteroatoms. The second-order valence-electron chi connectivity index (χ2n) is 8.17. The maximum absolute atomic E-state index is 13.3. The van der Waals surface area contributed by atoms with E-state index in [0.29, 0.717) is 22.7 Å². The molecule has 3 aromatic rings. The average molecular weight is 459 g/mol. The third-order valence-electron chi connectivity index (χ3n) is 5.80. The first-order valence-corrected chi connectivity index (χ1v) is 10.7. The number of aliphatic hydroxyl groups excluding tert-OH is 1. The first-order chi connectivity index (χ1) is 16.2. The van der Waals surface area contributed by atoms with Crippen LogP contribution in [0.5, 0.6) is 17.2 Å². The van der Waals surface area contributed by atoms with Crippen molar-refractivity contribution in [2.45, 2.75) is 19.9 Å². The van der Waals surface area contributed by atoms with E-state index in [2.05, 4.69) is 0 Å². The summed E-state index contributed by atoms with van der Waals surface area (Å²) in [6.45, 7) is 3.82. The first kappa shape index (κ1) is 22.9. The van der Waals surface area contributed by atoms with Gasteiger partial charge in [0.1, 0.15) is 23.0 Å². The number of anilines is 1. The number of amides is 1. The highest BCUT2D eigenvalue weighted by Crippen LogP contribution is 2.44. The molecule has 4 rings (SSSR count). The van der Waals surface area contributed by atoms with Crippen LogP contribution in [-0.4, -0.2) is 36.1 Å². The van der Waals surface area contributed by atoms with Crippen LogP contribution in [0.1, 0.15) is 28.3 Å². The molecule has 174 valence electrons. The Labute approximate surface area is 197 Å². The lowest BCUT2D eigenvalue weighted by molar-refractivity contribution is -0.132. The van der Waals surface area contributed by atoms with Crippen LogP contribution in [0.15, 0.2) is 66.2 Å². The van der Waals surface area contributed by atoms with Gasteiger partial charge in [-0.1, -0.05) is 18.2 Å². The van der Waals surface area contributed by atoms with E-state index in [-0.39, 0.29) is 22.6 Å². The summed E-state index contributed by atoms with van der Waals surface area (Å²) in [4.78, 5) is 28.0. The smallest absolute Gasteiger partial charge is 0.300 e. The van der Waals surface area contributed by atoms with Gasteiger partial charge < -0.3 is 19.7 Å². The second-order valence-corrected chi connectivity index (χ2v) is 8.17. The number of ether oxygens (including phenoxy) is 2. The van der Waals surface area contributed by atoms with E-state index >= 15 is 0 Å². The van der Waals surface area contributed by atoms with Crippen LogP contribution in [0.25, 0.3) is 5.76 Å². The minimum atomic E-state index is -0.909. The van der Waals surface area contributed by atoms with Gasteiger partial charge in [-0.2, -0.15) is 0 Å². The molecule has 1 amide bonds. The van der Waals surface area contributed by atoms with Gasteiger partial charge in [-0.25, -0.2) is 0 Å². The lowest BCUT2D eigenvalue weighted by Crippen LogP contribution is -2.29. The molecule has 3 aromatic carbocycles. The Morgan fingerprint density at radius 2 is 1.53 bits per heavy atom. The number of aryl methyl sites for hydroxylation is 2. The first-order valence-electron chi connectivity index (χ1n) is 10.7. The van der Waals surface area contributed by atoms with Crippen molar-refractivity contribution >= 4 is 23.1 Å². The molecule has 1 heterocycles. The predicted molar refractivity (Wildman–Crippen MR) is 128 cm³/mol. The van der Waals surface area contributed by atoms with Crippen molar-refractivity contribution in [3.05, 3.63) is 88.5 Å². The van der Waals surface area contributed by atoms with Gasteiger partial charge in [-0.15, -0.1) is 0 Å². The molecule has 0 spiro atoms. The number of Topliss-reactive ketones (excluding diaryl/α,β-unsaturated/α-hetero) is 1. The second kappa shape index (κ2) is 8.94. The van der Waals surface area contributed by atoms with Crippen molar-refractivity contribution in [2.24, 2.45) is 0 Å². The van der Waals surface area contributed by atoms with Gasteiger partial charge in [0.25, 0.3) is 11.7 Å². The Morgan fingerprint density at radius 1 is 0.882 bits per heavy atom. The Balaban J connectivity index is 1.98. The lowest BCUT2D eigenvalue weighted by atomic mass is 9.94. The monoisotopic (exact) mass is 459 g/mol. The van der Waals surface area contributed by atoms with Gasteiger partial charge in [0.05, 0.1) is 31.4 Å². The van der Waals surface area contributed by atoms with E-state index < -0.39 is 17.7 Å². The van der Waals surface area contributed by atoms with Crippen LogP contribution >= 0.6 is 0 Å². The quantitative estimate of drug-likeness (QED) is 0.328. The van der Waals surface area contributed by atoms with Crippen molar-refractivity contribution in [3.63, 3.8) is 0 Å². The summed E-state index contributed by atoms with van der Waals surface area (Å²) < 4.78 is 10.6. The molecule has 0 bridgehead atoms. The maximum atomic E-state index is 13.3. The minimum absolute atomic E-state index is 0.0453. The Morgan fingerprint density at radius 3 is 2.12 bits per heavy atom. The van der Waals surface area contributed by atoms with Crippen LogP contribution in [-0.2, 0) is 9.59 Å². The Hall–Kier alpha value is -4.26. The summed E-state index contributed by atoms with van der Waals surface area (Å²) in [5.41, 5.74) is 3.14. The zero-order valence-corrected chi connectivity index (χ0v) is 19.3. The highest BCUT2D eigenvalue weighted by atomic mass is 16.5. The number of hydrogen-bond acceptors (Lipinski definition) is 6. The molecular weight excluding hydrogens is 434 g/mol. The largest absolute Gasteiger partial charge is 0.508 e. The number of hydrogen-bond donors (Lipinski definition) is 2. The highest BCUT2D eigenvalue weighted by molar-refractivity contribution is 6.51. The lowest BCUT2D eigenvalue weighted by Gasteiger charge is -2.26. The zero-order chi connectivity index (χ0) is 24.6. The molecule has 0 saturated carbocycles. The summed E-state index contributed by atoms with van der Waals surface area (Å²) in [6, 6.07) is 15.7. The maximum Gasteiger partial charge on any atom is 0.300 e. The van der Waals surface area contributed by atoms with Gasteiger partial charge in [-0.3, -0.25) is 14.5 Å². The SMILES string of the molecule is COc1ccc(/C(O)=C2/C(=O)C(=O)N(c3cc(C)cc(C)c3)C2c2ccc(O)cc2)c(OC)c1. The molecule has 0 radical (unpaired) electrons. The van der Waals surface area contributed by atoms with Crippen molar-refractivity contribution in [1.82, 2.24) is 0 Å². The van der Waals surface area contributed by atoms with Crippen molar-refractivity contribution in [3.8, 4) is 17.2 Å². The van der Waals surface area contributed by atoms with Crippen LogP contribution in [0.3, 0.4) is 0 Å². The van der Waals surface area contributed by atoms with E-state index in [0.717, 1.165) is 11.1 Å². The number of ketones is 1. The Bertz CT molecular complexity index is 1290. The molecule has 1 aliphatic rings. The predicted octanol–water partition coefficient (Wildman–Crippen LogP) is 4.65. The number of aliphatic hydroxyl groups is 1. The molecule has 2 N–H and O–H groups in total. The normalized spacial score (nSPS) is 17.2. The molecule has 34 heavy (non-hydrogen) atoms. The fraction of sp³-hybridized carbons (Fsp3) is 0.185. The van der Waals surface area contributed by atoms with Crippen molar-refractivity contribution < 1.29 is 29.3 Å². The van der Waals surface area contributed by atoms with Crippen LogP contribution in [0.2, 0.25) is 0 Å².